The van der Waals surface area contributed by atoms with Gasteiger partial charge in [0.05, 0.1) is 12.0 Å². The molecular weight excluding hydrogens is 282 g/mol. The smallest absolute Gasteiger partial charge is 0.257 e. The third kappa shape index (κ3) is 2.56. The second-order valence-corrected chi connectivity index (χ2v) is 3.47. The Morgan fingerprint density at radius 1 is 1.17 bits per heavy atom. The zero-order valence-corrected chi connectivity index (χ0v) is 9.37. The average molecular weight is 286 g/mol. The molecule has 1 rings (SSSR count). The van der Waals surface area contributed by atoms with Crippen molar-refractivity contribution >= 4 is 17.9 Å². The van der Waals surface area contributed by atoms with Gasteiger partial charge >= 0.3 is 0 Å². The van der Waals surface area contributed by atoms with Crippen LogP contribution in [0.15, 0.2) is 4.90 Å². The van der Waals surface area contributed by atoms with Gasteiger partial charge in [0, 0.05) is 7.05 Å². The first-order chi connectivity index (χ1) is 8.45. The van der Waals surface area contributed by atoms with Crippen molar-refractivity contribution in [2.75, 3.05) is 7.05 Å². The first-order valence-electron chi connectivity index (χ1n) is 4.16. The van der Waals surface area contributed by atoms with Crippen LogP contribution in [0.4, 0.5) is 17.6 Å². The molecule has 1 N–H and O–H groups in total. The summed E-state index contributed by atoms with van der Waals surface area (Å²) in [6.07, 6.45) is 0. The fourth-order valence-electron chi connectivity index (χ4n) is 1.06. The summed E-state index contributed by atoms with van der Waals surface area (Å²) in [5.74, 6) is -8.93. The van der Waals surface area contributed by atoms with E-state index >= 15 is 0 Å². The largest absolute Gasteiger partial charge is 0.691 e. The number of carbonyl (C=O) groups is 1. The van der Waals surface area contributed by atoms with Gasteiger partial charge in [0.2, 0.25) is 0 Å². The van der Waals surface area contributed by atoms with Gasteiger partial charge in [0.25, 0.3) is 5.91 Å². The summed E-state index contributed by atoms with van der Waals surface area (Å²) in [5.41, 5.74) is -1.42. The van der Waals surface area contributed by atoms with Crippen LogP contribution < -0.4 is 10.6 Å². The Morgan fingerprint density at radius 2 is 1.67 bits per heavy atom. The maximum atomic E-state index is 13.3. The van der Waals surface area contributed by atoms with Crippen LogP contribution in [0, 0.1) is 23.3 Å². The van der Waals surface area contributed by atoms with Gasteiger partial charge in [-0.2, -0.15) is 4.33 Å². The minimum absolute atomic E-state index is 0.366. The fraction of sp³-hybridized carbons (Fsp3) is 0.125. The lowest BCUT2D eigenvalue weighted by atomic mass is 10.1. The number of nitrogens with one attached hydrogen (secondary N) is 1. The first kappa shape index (κ1) is 14.7. The fourth-order valence-corrected chi connectivity index (χ4v) is 1.48. The molecular formula is C8H4F4NO4S-. The number of carbonyl (C=O) groups excluding carboxylic acids is 1. The number of hydrogen-bond acceptors (Lipinski definition) is 5. The first-order valence-corrected chi connectivity index (χ1v) is 4.91. The molecule has 0 aromatic heterocycles. The van der Waals surface area contributed by atoms with E-state index in [0.29, 0.717) is 0 Å². The Kier molecular flexibility index (Phi) is 4.90. The van der Waals surface area contributed by atoms with Gasteiger partial charge in [-0.3, -0.25) is 9.83 Å². The van der Waals surface area contributed by atoms with Crippen LogP contribution in [0.25, 0.3) is 0 Å². The normalized spacial score (nSPS) is 10.6. The molecule has 0 heterocycles. The van der Waals surface area contributed by atoms with Crippen LogP contribution in [0.5, 0.6) is 0 Å². The topological polar surface area (TPSA) is 70.6 Å². The van der Waals surface area contributed by atoms with Crippen molar-refractivity contribution in [3.8, 4) is 0 Å². The number of benzene rings is 1. The van der Waals surface area contributed by atoms with Crippen molar-refractivity contribution in [2.45, 2.75) is 4.90 Å². The molecule has 5 nitrogen and oxygen atoms in total. The van der Waals surface area contributed by atoms with E-state index in [0.717, 1.165) is 7.05 Å². The molecule has 1 aromatic carbocycles. The molecule has 0 aliphatic rings. The minimum atomic E-state index is -1.91. The van der Waals surface area contributed by atoms with Crippen LogP contribution in [0.1, 0.15) is 10.4 Å². The Bertz CT molecular complexity index is 456. The molecule has 10 heteroatoms. The zero-order chi connectivity index (χ0) is 13.9. The lowest BCUT2D eigenvalue weighted by molar-refractivity contribution is -0.777. The van der Waals surface area contributed by atoms with Gasteiger partial charge in [-0.15, -0.1) is 0 Å². The summed E-state index contributed by atoms with van der Waals surface area (Å²) in [4.78, 5) is 9.76. The van der Waals surface area contributed by atoms with Crippen molar-refractivity contribution in [3.05, 3.63) is 28.8 Å². The molecule has 1 aromatic rings. The van der Waals surface area contributed by atoms with E-state index in [1.807, 2.05) is 5.32 Å². The van der Waals surface area contributed by atoms with Crippen molar-refractivity contribution in [3.63, 3.8) is 0 Å². The molecule has 0 saturated heterocycles. The molecule has 0 aliphatic heterocycles. The highest BCUT2D eigenvalue weighted by Gasteiger charge is 2.29. The predicted molar refractivity (Wildman–Crippen MR) is 47.7 cm³/mol. The van der Waals surface area contributed by atoms with E-state index in [1.165, 1.54) is 0 Å². The summed E-state index contributed by atoms with van der Waals surface area (Å²) in [6.45, 7) is 0. The molecule has 0 fully saturated rings. The molecule has 0 radical (unpaired) electrons. The molecule has 0 spiro atoms. The Morgan fingerprint density at radius 3 is 2.06 bits per heavy atom. The van der Waals surface area contributed by atoms with Crippen LogP contribution in [-0.2, 0) is 9.37 Å². The second kappa shape index (κ2) is 6.00. The Balaban J connectivity index is 3.40. The van der Waals surface area contributed by atoms with Gasteiger partial charge in [0.15, 0.2) is 23.3 Å². The van der Waals surface area contributed by atoms with Crippen molar-refractivity contribution in [2.24, 2.45) is 0 Å². The molecule has 0 aliphatic carbocycles. The maximum absolute atomic E-state index is 13.3. The van der Waals surface area contributed by atoms with E-state index < -0.39 is 39.6 Å². The van der Waals surface area contributed by atoms with Crippen LogP contribution in [0.3, 0.4) is 0 Å². The summed E-state index contributed by atoms with van der Waals surface area (Å²) in [7, 11) is 1.02. The number of rotatable bonds is 4. The van der Waals surface area contributed by atoms with E-state index in [2.05, 4.69) is 9.37 Å². The molecule has 0 saturated carbocycles. The standard InChI is InChI=1S/C8H5F4NO4S/c1-13-8(14)2-3(9)5(11)7(18-17-16-15)6(12)4(2)10/h15H,1H3,(H,13,14)/p-1. The summed E-state index contributed by atoms with van der Waals surface area (Å²) in [6, 6.07) is 0. The molecule has 0 unspecified atom stereocenters. The maximum Gasteiger partial charge on any atom is 0.257 e. The highest BCUT2D eigenvalue weighted by Crippen LogP contribution is 2.31. The highest BCUT2D eigenvalue weighted by atomic mass is 32.2. The Hall–Kier alpha value is -1.36. The third-order valence-corrected chi connectivity index (χ3v) is 2.47. The SMILES string of the molecule is CNC(=O)c1c(F)c(F)c(SOO[O-])c(F)c1F. The van der Waals surface area contributed by atoms with E-state index in [-0.39, 0.29) is 12.0 Å². The summed E-state index contributed by atoms with van der Waals surface area (Å²) >= 11 is -0.366. The Labute approximate surface area is 102 Å². The minimum Gasteiger partial charge on any atom is -0.691 e. The van der Waals surface area contributed by atoms with E-state index in [9.17, 15) is 27.6 Å². The summed E-state index contributed by atoms with van der Waals surface area (Å²) < 4.78 is 56.8. The highest BCUT2D eigenvalue weighted by molar-refractivity contribution is 7.94. The van der Waals surface area contributed by atoms with Crippen molar-refractivity contribution < 1.29 is 37.0 Å². The lowest BCUT2D eigenvalue weighted by Gasteiger charge is -2.10. The zero-order valence-electron chi connectivity index (χ0n) is 8.55. The van der Waals surface area contributed by atoms with Gasteiger partial charge < -0.3 is 10.6 Å². The van der Waals surface area contributed by atoms with Gasteiger partial charge in [-0.1, -0.05) is 0 Å². The number of hydrogen-bond donors (Lipinski definition) is 1. The van der Waals surface area contributed by atoms with Crippen molar-refractivity contribution in [1.29, 1.82) is 0 Å². The molecule has 18 heavy (non-hydrogen) atoms. The number of amides is 1. The predicted octanol–water partition coefficient (Wildman–Crippen LogP) is 0.833. The molecule has 1 amide bonds. The van der Waals surface area contributed by atoms with Crippen LogP contribution in [-0.4, -0.2) is 13.0 Å². The van der Waals surface area contributed by atoms with Gasteiger partial charge in [0.1, 0.15) is 10.5 Å². The molecule has 0 atom stereocenters. The quantitative estimate of drug-likeness (QED) is 0.292. The average Bonchev–Trinajstić information content (AvgIpc) is 2.36. The lowest BCUT2D eigenvalue weighted by Crippen LogP contribution is -2.23. The monoisotopic (exact) mass is 286 g/mol. The van der Waals surface area contributed by atoms with Gasteiger partial charge in [-0.05, 0) is 0 Å². The van der Waals surface area contributed by atoms with Gasteiger partial charge in [-0.25, -0.2) is 17.6 Å². The van der Waals surface area contributed by atoms with Crippen molar-refractivity contribution in [1.82, 2.24) is 5.32 Å². The molecule has 0 bridgehead atoms. The van der Waals surface area contributed by atoms with E-state index in [4.69, 9.17) is 0 Å². The van der Waals surface area contributed by atoms with Crippen LogP contribution in [0.2, 0.25) is 0 Å². The van der Waals surface area contributed by atoms with Crippen LogP contribution >= 0.6 is 12.0 Å². The van der Waals surface area contributed by atoms with E-state index in [1.54, 1.807) is 0 Å². The third-order valence-electron chi connectivity index (χ3n) is 1.82. The summed E-state index contributed by atoms with van der Waals surface area (Å²) in [5, 5.41) is 14.1. The second-order valence-electron chi connectivity index (χ2n) is 2.76. The molecule has 100 valence electrons. The number of halogens is 4.